The Hall–Kier alpha value is -0.570. The fourth-order valence-corrected chi connectivity index (χ4v) is 0.803. The fourth-order valence-electron chi connectivity index (χ4n) is 0.803. The molecule has 0 spiro atoms. The number of carboxylic acid groups (broad SMARTS) is 1. The molecule has 0 amide bonds. The lowest BCUT2D eigenvalue weighted by atomic mass is 10.0. The Morgan fingerprint density at radius 1 is 1.55 bits per heavy atom. The van der Waals surface area contributed by atoms with Crippen molar-refractivity contribution in [2.24, 2.45) is 5.92 Å². The number of aliphatic carboxylic acids is 1. The van der Waals surface area contributed by atoms with Crippen LogP contribution in [0.15, 0.2) is 0 Å². The van der Waals surface area contributed by atoms with Crippen molar-refractivity contribution < 1.29 is 9.90 Å². The van der Waals surface area contributed by atoms with Gasteiger partial charge in [0, 0.05) is 6.04 Å². The maximum Gasteiger partial charge on any atom is 0.317 e. The number of nitrogens with one attached hydrogen (secondary N) is 1. The van der Waals surface area contributed by atoms with Crippen molar-refractivity contribution in [1.29, 1.82) is 0 Å². The third kappa shape index (κ3) is 4.79. The van der Waals surface area contributed by atoms with Crippen molar-refractivity contribution >= 4 is 5.97 Å². The van der Waals surface area contributed by atoms with Gasteiger partial charge in [0.1, 0.15) is 0 Å². The van der Waals surface area contributed by atoms with E-state index in [0.717, 1.165) is 6.42 Å². The zero-order chi connectivity index (χ0) is 8.85. The molecule has 0 aliphatic carbocycles. The van der Waals surface area contributed by atoms with Crippen LogP contribution in [0.1, 0.15) is 27.2 Å². The van der Waals surface area contributed by atoms with Crippen LogP contribution in [0.3, 0.4) is 0 Å². The van der Waals surface area contributed by atoms with Gasteiger partial charge in [0.05, 0.1) is 6.54 Å². The number of rotatable bonds is 5. The molecule has 0 heterocycles. The summed E-state index contributed by atoms with van der Waals surface area (Å²) in [5, 5.41) is 11.3. The first-order valence-corrected chi connectivity index (χ1v) is 4.03. The molecule has 0 bridgehead atoms. The first kappa shape index (κ1) is 10.4. The van der Waals surface area contributed by atoms with Gasteiger partial charge in [0.25, 0.3) is 0 Å². The van der Waals surface area contributed by atoms with Crippen LogP contribution < -0.4 is 5.32 Å². The lowest BCUT2D eigenvalue weighted by molar-refractivity contribution is -0.136. The number of carbonyl (C=O) groups is 1. The van der Waals surface area contributed by atoms with E-state index in [-0.39, 0.29) is 12.6 Å². The second kappa shape index (κ2) is 5.13. The van der Waals surface area contributed by atoms with Crippen molar-refractivity contribution in [2.75, 3.05) is 6.54 Å². The molecule has 0 aromatic carbocycles. The van der Waals surface area contributed by atoms with Crippen molar-refractivity contribution in [3.63, 3.8) is 0 Å². The minimum Gasteiger partial charge on any atom is -0.480 e. The molecule has 2 unspecified atom stereocenters. The highest BCUT2D eigenvalue weighted by molar-refractivity contribution is 5.69. The molecule has 3 nitrogen and oxygen atoms in total. The lowest BCUT2D eigenvalue weighted by Crippen LogP contribution is -2.35. The fraction of sp³-hybridized carbons (Fsp3) is 0.875. The molecule has 66 valence electrons. The molecule has 0 aromatic heterocycles. The van der Waals surface area contributed by atoms with Gasteiger partial charge >= 0.3 is 5.97 Å². The standard InChI is InChI=1S/C8H17NO2/c1-4-6(2)7(3)9-5-8(10)11/h6-7,9H,4-5H2,1-3H3,(H,10,11). The van der Waals surface area contributed by atoms with E-state index in [1.54, 1.807) is 0 Å². The maximum absolute atomic E-state index is 10.2. The summed E-state index contributed by atoms with van der Waals surface area (Å²) in [6.07, 6.45) is 1.08. The molecule has 2 N–H and O–H groups in total. The smallest absolute Gasteiger partial charge is 0.317 e. The Morgan fingerprint density at radius 3 is 2.45 bits per heavy atom. The van der Waals surface area contributed by atoms with E-state index in [4.69, 9.17) is 5.11 Å². The van der Waals surface area contributed by atoms with Crippen molar-refractivity contribution in [1.82, 2.24) is 5.32 Å². The Labute approximate surface area is 67.8 Å². The highest BCUT2D eigenvalue weighted by Crippen LogP contribution is 2.05. The zero-order valence-corrected chi connectivity index (χ0v) is 7.42. The third-order valence-corrected chi connectivity index (χ3v) is 2.07. The van der Waals surface area contributed by atoms with Crippen LogP contribution in [0.4, 0.5) is 0 Å². The quantitative estimate of drug-likeness (QED) is 0.631. The Balaban J connectivity index is 3.51. The summed E-state index contributed by atoms with van der Waals surface area (Å²) in [6.45, 7) is 6.28. The van der Waals surface area contributed by atoms with Crippen LogP contribution in [0.2, 0.25) is 0 Å². The number of hydrogen-bond acceptors (Lipinski definition) is 2. The van der Waals surface area contributed by atoms with Crippen LogP contribution in [-0.2, 0) is 4.79 Å². The van der Waals surface area contributed by atoms with E-state index in [1.165, 1.54) is 0 Å². The summed E-state index contributed by atoms with van der Waals surface area (Å²) in [5.74, 6) is -0.255. The highest BCUT2D eigenvalue weighted by atomic mass is 16.4. The van der Waals surface area contributed by atoms with Crippen LogP contribution in [0, 0.1) is 5.92 Å². The van der Waals surface area contributed by atoms with Gasteiger partial charge < -0.3 is 10.4 Å². The summed E-state index contributed by atoms with van der Waals surface area (Å²) in [5.41, 5.74) is 0. The van der Waals surface area contributed by atoms with Crippen molar-refractivity contribution in [3.8, 4) is 0 Å². The Morgan fingerprint density at radius 2 is 2.09 bits per heavy atom. The summed E-state index contributed by atoms with van der Waals surface area (Å²) < 4.78 is 0. The van der Waals surface area contributed by atoms with Crippen molar-refractivity contribution in [2.45, 2.75) is 33.2 Å². The normalized spacial score (nSPS) is 15.9. The van der Waals surface area contributed by atoms with Crippen LogP contribution in [-0.4, -0.2) is 23.7 Å². The topological polar surface area (TPSA) is 49.3 Å². The van der Waals surface area contributed by atoms with Gasteiger partial charge in [-0.3, -0.25) is 4.79 Å². The van der Waals surface area contributed by atoms with E-state index < -0.39 is 5.97 Å². The van der Waals surface area contributed by atoms with Gasteiger partial charge in [-0.15, -0.1) is 0 Å². The summed E-state index contributed by atoms with van der Waals surface area (Å²) in [4.78, 5) is 10.2. The number of carboxylic acids is 1. The van der Waals surface area contributed by atoms with Crippen LogP contribution in [0.25, 0.3) is 0 Å². The minimum atomic E-state index is -0.792. The Bertz CT molecular complexity index is 125. The molecule has 0 rings (SSSR count). The average Bonchev–Trinajstić information content (AvgIpc) is 1.98. The molecule has 0 saturated carbocycles. The summed E-state index contributed by atoms with van der Waals surface area (Å²) >= 11 is 0. The van der Waals surface area contributed by atoms with Gasteiger partial charge in [-0.2, -0.15) is 0 Å². The molecule has 0 radical (unpaired) electrons. The molecule has 3 heteroatoms. The van der Waals surface area contributed by atoms with E-state index in [1.807, 2.05) is 6.92 Å². The second-order valence-electron chi connectivity index (χ2n) is 2.95. The lowest BCUT2D eigenvalue weighted by Gasteiger charge is -2.18. The molecule has 0 fully saturated rings. The molecule has 0 aliphatic rings. The SMILES string of the molecule is CCC(C)C(C)NCC(=O)O. The molecule has 0 aromatic rings. The maximum atomic E-state index is 10.2. The summed E-state index contributed by atoms with van der Waals surface area (Å²) in [7, 11) is 0. The van der Waals surface area contributed by atoms with E-state index in [0.29, 0.717) is 5.92 Å². The third-order valence-electron chi connectivity index (χ3n) is 2.07. The molecule has 2 atom stereocenters. The predicted octanol–water partition coefficient (Wildman–Crippen LogP) is 1.10. The molecule has 0 aliphatic heterocycles. The predicted molar refractivity (Wildman–Crippen MR) is 44.6 cm³/mol. The first-order chi connectivity index (χ1) is 5.07. The summed E-state index contributed by atoms with van der Waals surface area (Å²) in [6, 6.07) is 0.288. The van der Waals surface area contributed by atoms with E-state index in [9.17, 15) is 4.79 Å². The molecule has 11 heavy (non-hydrogen) atoms. The zero-order valence-electron chi connectivity index (χ0n) is 7.42. The van der Waals surface area contributed by atoms with Crippen molar-refractivity contribution in [3.05, 3.63) is 0 Å². The van der Waals surface area contributed by atoms with Gasteiger partial charge in [0.2, 0.25) is 0 Å². The largest absolute Gasteiger partial charge is 0.480 e. The monoisotopic (exact) mass is 159 g/mol. The Kier molecular flexibility index (Phi) is 4.86. The molecule has 0 saturated heterocycles. The molecular weight excluding hydrogens is 142 g/mol. The number of hydrogen-bond donors (Lipinski definition) is 2. The van der Waals surface area contributed by atoms with Crippen LogP contribution >= 0.6 is 0 Å². The van der Waals surface area contributed by atoms with Crippen LogP contribution in [0.5, 0.6) is 0 Å². The minimum absolute atomic E-state index is 0.0610. The second-order valence-corrected chi connectivity index (χ2v) is 2.95. The first-order valence-electron chi connectivity index (χ1n) is 4.03. The van der Waals surface area contributed by atoms with E-state index >= 15 is 0 Å². The highest BCUT2D eigenvalue weighted by Gasteiger charge is 2.09. The molecular formula is C8H17NO2. The van der Waals surface area contributed by atoms with Gasteiger partial charge in [-0.1, -0.05) is 20.3 Å². The van der Waals surface area contributed by atoms with E-state index in [2.05, 4.69) is 19.2 Å². The van der Waals surface area contributed by atoms with Gasteiger partial charge in [-0.25, -0.2) is 0 Å². The van der Waals surface area contributed by atoms with Gasteiger partial charge in [0.15, 0.2) is 0 Å². The van der Waals surface area contributed by atoms with Gasteiger partial charge in [-0.05, 0) is 12.8 Å². The average molecular weight is 159 g/mol.